The number of rotatable bonds is 5. The van der Waals surface area contributed by atoms with Crippen LogP contribution in [-0.4, -0.2) is 16.5 Å². The van der Waals surface area contributed by atoms with Gasteiger partial charge in [0.1, 0.15) is 17.8 Å². The van der Waals surface area contributed by atoms with Crippen LogP contribution in [0.4, 0.5) is 17.2 Å². The molecule has 2 N–H and O–H groups in total. The van der Waals surface area contributed by atoms with Crippen LogP contribution in [0.3, 0.4) is 0 Å². The molecular weight excluding hydrogens is 384 g/mol. The summed E-state index contributed by atoms with van der Waals surface area (Å²) in [6, 6.07) is 19.9. The molecule has 0 amide bonds. The largest absolute Gasteiger partial charge is 0.437 e. The van der Waals surface area contributed by atoms with E-state index in [1.54, 1.807) is 12.1 Å². The second kappa shape index (κ2) is 7.97. The van der Waals surface area contributed by atoms with Gasteiger partial charge in [0.15, 0.2) is 5.82 Å². The summed E-state index contributed by atoms with van der Waals surface area (Å²) in [7, 11) is 0. The van der Waals surface area contributed by atoms with Crippen LogP contribution in [0.2, 0.25) is 5.02 Å². The molecular formula is C23H21ClN4O. The Kier molecular flexibility index (Phi) is 5.23. The molecule has 146 valence electrons. The van der Waals surface area contributed by atoms with E-state index < -0.39 is 0 Å². The van der Waals surface area contributed by atoms with E-state index in [1.165, 1.54) is 6.33 Å². The number of ether oxygens (including phenoxy) is 1. The molecule has 6 heteroatoms. The minimum atomic E-state index is 0.315. The molecule has 3 aromatic carbocycles. The second-order valence-electron chi connectivity index (χ2n) is 6.67. The maximum Gasteiger partial charge on any atom is 0.248 e. The van der Waals surface area contributed by atoms with Gasteiger partial charge in [0.25, 0.3) is 0 Å². The Labute approximate surface area is 174 Å². The van der Waals surface area contributed by atoms with E-state index in [2.05, 4.69) is 46.1 Å². The molecule has 0 unspecified atom stereocenters. The molecule has 1 heterocycles. The van der Waals surface area contributed by atoms with Crippen molar-refractivity contribution in [2.24, 2.45) is 0 Å². The number of nitrogens with zero attached hydrogens (tertiary/aromatic N) is 3. The zero-order valence-corrected chi connectivity index (χ0v) is 17.0. The van der Waals surface area contributed by atoms with Crippen molar-refractivity contribution in [2.45, 2.75) is 13.8 Å². The maximum atomic E-state index is 6.44. The zero-order valence-electron chi connectivity index (χ0n) is 16.3. The molecule has 4 rings (SSSR count). The summed E-state index contributed by atoms with van der Waals surface area (Å²) in [5.74, 6) is 1.55. The molecule has 0 saturated carbocycles. The van der Waals surface area contributed by atoms with Gasteiger partial charge in [0.2, 0.25) is 5.88 Å². The first-order chi connectivity index (χ1) is 14.1. The molecule has 0 aliphatic carbocycles. The van der Waals surface area contributed by atoms with Gasteiger partial charge in [-0.2, -0.15) is 4.98 Å². The van der Waals surface area contributed by atoms with Crippen LogP contribution in [0.25, 0.3) is 10.8 Å². The van der Waals surface area contributed by atoms with Crippen molar-refractivity contribution in [3.63, 3.8) is 0 Å². The first-order valence-electron chi connectivity index (χ1n) is 9.38. The highest BCUT2D eigenvalue weighted by Crippen LogP contribution is 2.37. The third-order valence-corrected chi connectivity index (χ3v) is 5.22. The van der Waals surface area contributed by atoms with E-state index in [0.29, 0.717) is 34.7 Å². The average Bonchev–Trinajstić information content (AvgIpc) is 2.74. The molecule has 1 aromatic heterocycles. The molecule has 5 nitrogen and oxygen atoms in total. The highest BCUT2D eigenvalue weighted by Gasteiger charge is 2.18. The van der Waals surface area contributed by atoms with Gasteiger partial charge in [0, 0.05) is 17.0 Å². The van der Waals surface area contributed by atoms with Crippen molar-refractivity contribution >= 4 is 39.6 Å². The average molecular weight is 405 g/mol. The predicted octanol–water partition coefficient (Wildman–Crippen LogP) is 6.12. The number of benzene rings is 3. The van der Waals surface area contributed by atoms with Crippen LogP contribution in [-0.2, 0) is 0 Å². The summed E-state index contributed by atoms with van der Waals surface area (Å²) in [5.41, 5.74) is 8.77. The fraction of sp³-hybridized carbons (Fsp3) is 0.130. The summed E-state index contributed by atoms with van der Waals surface area (Å²) < 4.78 is 5.94. The first kappa shape index (κ1) is 19.0. The van der Waals surface area contributed by atoms with Crippen LogP contribution in [0.1, 0.15) is 12.5 Å². The number of fused-ring (bicyclic) bond motifs is 1. The van der Waals surface area contributed by atoms with Crippen molar-refractivity contribution < 1.29 is 4.74 Å². The van der Waals surface area contributed by atoms with Crippen molar-refractivity contribution in [3.05, 3.63) is 77.6 Å². The Morgan fingerprint density at radius 1 is 1.03 bits per heavy atom. The van der Waals surface area contributed by atoms with Crippen LogP contribution >= 0.6 is 11.6 Å². The Bertz CT molecular complexity index is 1170. The molecule has 29 heavy (non-hydrogen) atoms. The number of nitrogen functional groups attached to an aromatic ring is 1. The Balaban J connectivity index is 1.75. The van der Waals surface area contributed by atoms with Crippen molar-refractivity contribution in [1.82, 2.24) is 9.97 Å². The van der Waals surface area contributed by atoms with Crippen LogP contribution in [0.5, 0.6) is 11.6 Å². The summed E-state index contributed by atoms with van der Waals surface area (Å²) in [5, 5.41) is 2.97. The van der Waals surface area contributed by atoms with E-state index in [4.69, 9.17) is 22.1 Å². The van der Waals surface area contributed by atoms with E-state index in [1.807, 2.05) is 31.2 Å². The molecule has 0 bridgehead atoms. The second-order valence-corrected chi connectivity index (χ2v) is 7.08. The van der Waals surface area contributed by atoms with Gasteiger partial charge < -0.3 is 15.4 Å². The van der Waals surface area contributed by atoms with E-state index in [9.17, 15) is 0 Å². The normalized spacial score (nSPS) is 10.9. The smallest absolute Gasteiger partial charge is 0.248 e. The minimum absolute atomic E-state index is 0.315. The molecule has 0 aliphatic heterocycles. The fourth-order valence-corrected chi connectivity index (χ4v) is 3.45. The highest BCUT2D eigenvalue weighted by atomic mass is 35.5. The molecule has 4 aromatic rings. The molecule has 0 saturated heterocycles. The SMILES string of the molecule is CCN(c1ncnc(Oc2ccc(Cl)c(C)c2)c1N)c1cccc2ccccc12. The standard InChI is InChI=1S/C23H21ClN4O/c1-3-28(20-10-6-8-16-7-4-5-9-18(16)20)22-21(25)23(27-14-26-22)29-17-11-12-19(24)15(2)13-17/h4-14H,3,25H2,1-2H3. The fourth-order valence-electron chi connectivity index (χ4n) is 3.34. The van der Waals surface area contributed by atoms with E-state index in [-0.39, 0.29) is 0 Å². The summed E-state index contributed by atoms with van der Waals surface area (Å²) in [4.78, 5) is 10.8. The van der Waals surface area contributed by atoms with Crippen molar-refractivity contribution in [1.29, 1.82) is 0 Å². The zero-order chi connectivity index (χ0) is 20.4. The number of nitrogens with two attached hydrogens (primary N) is 1. The van der Waals surface area contributed by atoms with Gasteiger partial charge in [-0.1, -0.05) is 48.0 Å². The van der Waals surface area contributed by atoms with Gasteiger partial charge >= 0.3 is 0 Å². The van der Waals surface area contributed by atoms with Crippen LogP contribution in [0.15, 0.2) is 67.0 Å². The van der Waals surface area contributed by atoms with Gasteiger partial charge in [-0.05, 0) is 49.1 Å². The van der Waals surface area contributed by atoms with Crippen molar-refractivity contribution in [3.8, 4) is 11.6 Å². The first-order valence-corrected chi connectivity index (χ1v) is 9.76. The lowest BCUT2D eigenvalue weighted by Gasteiger charge is -2.25. The summed E-state index contributed by atoms with van der Waals surface area (Å²) in [6.07, 6.45) is 1.47. The topological polar surface area (TPSA) is 64.3 Å². The maximum absolute atomic E-state index is 6.44. The third kappa shape index (κ3) is 3.69. The van der Waals surface area contributed by atoms with Gasteiger partial charge in [-0.25, -0.2) is 4.98 Å². The Morgan fingerprint density at radius 3 is 2.62 bits per heavy atom. The summed E-state index contributed by atoms with van der Waals surface area (Å²) in [6.45, 7) is 4.67. The minimum Gasteiger partial charge on any atom is -0.437 e. The van der Waals surface area contributed by atoms with Crippen LogP contribution < -0.4 is 15.4 Å². The van der Waals surface area contributed by atoms with Crippen molar-refractivity contribution in [2.75, 3.05) is 17.2 Å². The molecule has 0 radical (unpaired) electrons. The van der Waals surface area contributed by atoms with Gasteiger partial charge in [-0.3, -0.25) is 0 Å². The predicted molar refractivity (Wildman–Crippen MR) is 119 cm³/mol. The van der Waals surface area contributed by atoms with Gasteiger partial charge in [0.05, 0.1) is 5.69 Å². The Hall–Kier alpha value is -3.31. The van der Waals surface area contributed by atoms with Gasteiger partial charge in [-0.15, -0.1) is 0 Å². The quantitative estimate of drug-likeness (QED) is 0.433. The number of hydrogen-bond donors (Lipinski definition) is 1. The lowest BCUT2D eigenvalue weighted by atomic mass is 10.1. The monoisotopic (exact) mass is 404 g/mol. The van der Waals surface area contributed by atoms with E-state index >= 15 is 0 Å². The lowest BCUT2D eigenvalue weighted by molar-refractivity contribution is 0.464. The molecule has 0 atom stereocenters. The summed E-state index contributed by atoms with van der Waals surface area (Å²) >= 11 is 6.10. The molecule has 0 spiro atoms. The number of hydrogen-bond acceptors (Lipinski definition) is 5. The number of aromatic nitrogens is 2. The lowest BCUT2D eigenvalue weighted by Crippen LogP contribution is -2.19. The number of halogens is 1. The number of aryl methyl sites for hydroxylation is 1. The van der Waals surface area contributed by atoms with Crippen LogP contribution in [0, 0.1) is 6.92 Å². The Morgan fingerprint density at radius 2 is 1.83 bits per heavy atom. The molecule has 0 aliphatic rings. The highest BCUT2D eigenvalue weighted by molar-refractivity contribution is 6.31. The molecule has 0 fully saturated rings. The third-order valence-electron chi connectivity index (χ3n) is 4.80. The van der Waals surface area contributed by atoms with E-state index in [0.717, 1.165) is 22.0 Å². The number of anilines is 3.